The van der Waals surface area contributed by atoms with E-state index >= 15 is 0 Å². The molecule has 4 nitrogen and oxygen atoms in total. The van der Waals surface area contributed by atoms with Gasteiger partial charge in [-0.1, -0.05) is 78.8 Å². The lowest BCUT2D eigenvalue weighted by Gasteiger charge is -2.27. The number of hydrogen-bond acceptors (Lipinski definition) is 4. The SMILES string of the molecule is CC.CC.CC/C=C(\C=C/COCC1CO1)C(C)(C)c1ccc(OCC2CO2)cc1. The Morgan fingerprint density at radius 2 is 1.57 bits per heavy atom. The molecule has 0 spiro atoms. The van der Waals surface area contributed by atoms with Gasteiger partial charge >= 0.3 is 0 Å². The number of epoxide rings is 2. The van der Waals surface area contributed by atoms with E-state index < -0.39 is 0 Å². The molecule has 0 N–H and O–H groups in total. The third-order valence-electron chi connectivity index (χ3n) is 4.78. The van der Waals surface area contributed by atoms with Gasteiger partial charge in [-0.2, -0.15) is 0 Å². The fourth-order valence-electron chi connectivity index (χ4n) is 2.85. The van der Waals surface area contributed by atoms with Gasteiger partial charge in [0.15, 0.2) is 0 Å². The van der Waals surface area contributed by atoms with E-state index in [1.807, 2.05) is 39.8 Å². The standard InChI is InChI=1S/C22H30O4.2C2H6/c1-4-6-17(7-5-12-23-13-20-14-25-20)22(2,3)18-8-10-19(11-9-18)24-15-21-16-26-21;2*1-2/h5-11,20-21H,4,12-16H2,1-3H3;2*1-2H3/b7-5-,17-6+;;. The van der Waals surface area contributed by atoms with Crippen molar-refractivity contribution in [2.24, 2.45) is 0 Å². The molecule has 2 atom stereocenters. The van der Waals surface area contributed by atoms with Crippen molar-refractivity contribution in [3.05, 3.63) is 53.6 Å². The van der Waals surface area contributed by atoms with Crippen LogP contribution < -0.4 is 4.74 Å². The van der Waals surface area contributed by atoms with Gasteiger partial charge in [-0.05, 0) is 29.7 Å². The zero-order valence-electron chi connectivity index (χ0n) is 20.1. The summed E-state index contributed by atoms with van der Waals surface area (Å²) < 4.78 is 21.7. The normalized spacial score (nSPS) is 20.0. The molecular weight excluding hydrogens is 376 g/mol. The molecule has 0 amide bonds. The van der Waals surface area contributed by atoms with Gasteiger partial charge in [0.05, 0.1) is 26.4 Å². The number of hydrogen-bond donors (Lipinski definition) is 0. The zero-order chi connectivity index (χ0) is 22.4. The molecule has 0 aliphatic carbocycles. The summed E-state index contributed by atoms with van der Waals surface area (Å²) in [4.78, 5) is 0. The summed E-state index contributed by atoms with van der Waals surface area (Å²) in [6, 6.07) is 8.40. The molecule has 2 unspecified atom stereocenters. The Bertz CT molecular complexity index is 623. The maximum Gasteiger partial charge on any atom is 0.119 e. The van der Waals surface area contributed by atoms with Crippen LogP contribution in [0.2, 0.25) is 0 Å². The summed E-state index contributed by atoms with van der Waals surface area (Å²) in [5.41, 5.74) is 2.49. The number of benzene rings is 1. The van der Waals surface area contributed by atoms with Crippen LogP contribution in [0.15, 0.2) is 48.1 Å². The molecule has 0 aromatic heterocycles. The average Bonchev–Trinajstić information content (AvgIpc) is 3.70. The first-order valence-electron chi connectivity index (χ1n) is 11.5. The van der Waals surface area contributed by atoms with Gasteiger partial charge in [-0.3, -0.25) is 0 Å². The molecule has 0 saturated carbocycles. The van der Waals surface area contributed by atoms with E-state index in [1.165, 1.54) is 11.1 Å². The zero-order valence-corrected chi connectivity index (χ0v) is 20.1. The summed E-state index contributed by atoms with van der Waals surface area (Å²) in [5.74, 6) is 0.896. The van der Waals surface area contributed by atoms with Gasteiger partial charge in [0, 0.05) is 5.41 Å². The van der Waals surface area contributed by atoms with Crippen LogP contribution in [0.4, 0.5) is 0 Å². The molecule has 2 fully saturated rings. The van der Waals surface area contributed by atoms with Crippen molar-refractivity contribution in [1.82, 2.24) is 0 Å². The lowest BCUT2D eigenvalue weighted by molar-refractivity contribution is 0.141. The highest BCUT2D eigenvalue weighted by Crippen LogP contribution is 2.33. The molecule has 170 valence electrons. The number of rotatable bonds is 11. The third-order valence-corrected chi connectivity index (χ3v) is 4.78. The van der Waals surface area contributed by atoms with Crippen LogP contribution in [0.5, 0.6) is 5.75 Å². The van der Waals surface area contributed by atoms with Gasteiger partial charge in [0.1, 0.15) is 24.6 Å². The van der Waals surface area contributed by atoms with E-state index in [-0.39, 0.29) is 11.5 Å². The van der Waals surface area contributed by atoms with Crippen LogP contribution in [-0.2, 0) is 19.6 Å². The fourth-order valence-corrected chi connectivity index (χ4v) is 2.85. The molecule has 2 saturated heterocycles. The van der Waals surface area contributed by atoms with Crippen molar-refractivity contribution >= 4 is 0 Å². The predicted molar refractivity (Wildman–Crippen MR) is 125 cm³/mol. The van der Waals surface area contributed by atoms with E-state index in [2.05, 4.69) is 51.1 Å². The molecule has 30 heavy (non-hydrogen) atoms. The number of allylic oxidation sites excluding steroid dienone is 3. The molecule has 1 aromatic carbocycles. The van der Waals surface area contributed by atoms with E-state index in [0.29, 0.717) is 25.9 Å². The van der Waals surface area contributed by atoms with Crippen LogP contribution in [0.25, 0.3) is 0 Å². The average molecular weight is 419 g/mol. The second kappa shape index (κ2) is 14.4. The van der Waals surface area contributed by atoms with E-state index in [0.717, 1.165) is 25.4 Å². The van der Waals surface area contributed by atoms with E-state index in [1.54, 1.807) is 0 Å². The minimum atomic E-state index is -0.0791. The molecule has 2 heterocycles. The largest absolute Gasteiger partial charge is 0.491 e. The molecule has 1 aromatic rings. The quantitative estimate of drug-likeness (QED) is 0.247. The fraction of sp³-hybridized carbons (Fsp3) is 0.615. The van der Waals surface area contributed by atoms with Crippen LogP contribution >= 0.6 is 0 Å². The highest BCUT2D eigenvalue weighted by atomic mass is 16.6. The molecule has 3 rings (SSSR count). The first-order valence-corrected chi connectivity index (χ1v) is 11.5. The Labute approximate surface area is 184 Å². The molecule has 2 aliphatic rings. The second-order valence-electron chi connectivity index (χ2n) is 7.38. The minimum Gasteiger partial charge on any atom is -0.491 e. The smallest absolute Gasteiger partial charge is 0.119 e. The van der Waals surface area contributed by atoms with Gasteiger partial charge in [0.25, 0.3) is 0 Å². The highest BCUT2D eigenvalue weighted by Gasteiger charge is 2.25. The van der Waals surface area contributed by atoms with Gasteiger partial charge in [0.2, 0.25) is 0 Å². The predicted octanol–water partition coefficient (Wildman–Crippen LogP) is 6.10. The van der Waals surface area contributed by atoms with Gasteiger partial charge in [-0.15, -0.1) is 0 Å². The summed E-state index contributed by atoms with van der Waals surface area (Å²) in [6.07, 6.45) is 8.17. The molecule has 0 radical (unpaired) electrons. The van der Waals surface area contributed by atoms with Crippen molar-refractivity contribution in [2.45, 2.75) is 72.5 Å². The Morgan fingerprint density at radius 3 is 2.10 bits per heavy atom. The van der Waals surface area contributed by atoms with Crippen molar-refractivity contribution in [1.29, 1.82) is 0 Å². The highest BCUT2D eigenvalue weighted by molar-refractivity contribution is 5.42. The van der Waals surface area contributed by atoms with Crippen LogP contribution in [0, 0.1) is 0 Å². The maximum atomic E-state index is 5.74. The minimum absolute atomic E-state index is 0.0791. The first kappa shape index (κ1) is 26.4. The van der Waals surface area contributed by atoms with E-state index in [9.17, 15) is 0 Å². The molecular formula is C26H42O4. The first-order chi connectivity index (χ1) is 14.6. The Hall–Kier alpha value is -1.62. The van der Waals surface area contributed by atoms with Crippen LogP contribution in [0.3, 0.4) is 0 Å². The van der Waals surface area contributed by atoms with Crippen molar-refractivity contribution in [3.8, 4) is 5.75 Å². The summed E-state index contributed by atoms with van der Waals surface area (Å²) >= 11 is 0. The maximum absolute atomic E-state index is 5.74. The van der Waals surface area contributed by atoms with Gasteiger partial charge in [-0.25, -0.2) is 0 Å². The number of ether oxygens (including phenoxy) is 4. The van der Waals surface area contributed by atoms with Crippen molar-refractivity contribution in [3.63, 3.8) is 0 Å². The Kier molecular flexibility index (Phi) is 12.7. The topological polar surface area (TPSA) is 43.5 Å². The van der Waals surface area contributed by atoms with Crippen molar-refractivity contribution < 1.29 is 18.9 Å². The Morgan fingerprint density at radius 1 is 1.00 bits per heavy atom. The van der Waals surface area contributed by atoms with Crippen LogP contribution in [-0.4, -0.2) is 45.2 Å². The second-order valence-corrected chi connectivity index (χ2v) is 7.38. The van der Waals surface area contributed by atoms with E-state index in [4.69, 9.17) is 18.9 Å². The summed E-state index contributed by atoms with van der Waals surface area (Å²) in [6.45, 7) is 18.3. The monoisotopic (exact) mass is 418 g/mol. The molecule has 2 aliphatic heterocycles. The van der Waals surface area contributed by atoms with Crippen molar-refractivity contribution in [2.75, 3.05) is 33.0 Å². The van der Waals surface area contributed by atoms with Crippen LogP contribution in [0.1, 0.15) is 60.5 Å². The third kappa shape index (κ3) is 9.46. The lowest BCUT2D eigenvalue weighted by Crippen LogP contribution is -2.19. The Balaban J connectivity index is 0.00000106. The van der Waals surface area contributed by atoms with Gasteiger partial charge < -0.3 is 18.9 Å². The summed E-state index contributed by atoms with van der Waals surface area (Å²) in [5, 5.41) is 0. The molecule has 0 bridgehead atoms. The lowest BCUT2D eigenvalue weighted by atomic mass is 9.77. The summed E-state index contributed by atoms with van der Waals surface area (Å²) in [7, 11) is 0. The molecule has 4 heteroatoms.